The first-order valence-corrected chi connectivity index (χ1v) is 9.02. The number of anilines is 2. The van der Waals surface area contributed by atoms with Gasteiger partial charge in [-0.15, -0.1) is 17.5 Å². The number of hydrazone groups is 1. The monoisotopic (exact) mass is 388 g/mol. The molecule has 0 aromatic heterocycles. The molecule has 3 rings (SSSR count). The van der Waals surface area contributed by atoms with Crippen LogP contribution in [0.2, 0.25) is 0 Å². The number of carbonyl (C=O) groups is 1. The quantitative estimate of drug-likeness (QED) is 0.540. The van der Waals surface area contributed by atoms with Crippen LogP contribution in [0.25, 0.3) is 0 Å². The molecule has 27 heavy (non-hydrogen) atoms. The minimum atomic E-state index is -0.444. The lowest BCUT2D eigenvalue weighted by Gasteiger charge is -2.27. The van der Waals surface area contributed by atoms with E-state index in [1.54, 1.807) is 10.2 Å². The van der Waals surface area contributed by atoms with Crippen molar-refractivity contribution in [1.82, 2.24) is 5.43 Å². The number of ether oxygens (including phenoxy) is 1. The van der Waals surface area contributed by atoms with Crippen LogP contribution in [-0.4, -0.2) is 18.4 Å². The molecule has 0 aliphatic carbocycles. The molecule has 0 saturated carbocycles. The van der Waals surface area contributed by atoms with Crippen molar-refractivity contribution in [2.24, 2.45) is 5.10 Å². The zero-order valence-corrected chi connectivity index (χ0v) is 16.2. The van der Waals surface area contributed by atoms with E-state index in [2.05, 4.69) is 17.5 Å². The number of nitrogens with zero attached hydrogens (tertiary/aromatic N) is 3. The van der Waals surface area contributed by atoms with Gasteiger partial charge in [-0.1, -0.05) is 62.6 Å². The average molecular weight is 389 g/mol. The number of hydrazine groups is 2. The molecular weight excluding hydrogens is 364 g/mol. The number of esters is 1. The fourth-order valence-corrected chi connectivity index (χ4v) is 2.64. The van der Waals surface area contributed by atoms with Crippen LogP contribution >= 0.6 is 12.4 Å². The number of halogens is 1. The molecular formula is C20H25ClN4O2. The predicted octanol–water partition coefficient (Wildman–Crippen LogP) is 4.29. The van der Waals surface area contributed by atoms with E-state index in [1.807, 2.05) is 60.7 Å². The van der Waals surface area contributed by atoms with E-state index in [4.69, 9.17) is 4.74 Å². The number of hydrogen-bond donors (Lipinski definition) is 1. The summed E-state index contributed by atoms with van der Waals surface area (Å²) >= 11 is 0. The molecule has 2 aromatic carbocycles. The number of hydrogen-bond acceptors (Lipinski definition) is 6. The highest BCUT2D eigenvalue weighted by Crippen LogP contribution is 2.24. The van der Waals surface area contributed by atoms with Crippen molar-refractivity contribution in [1.29, 1.82) is 0 Å². The second kappa shape index (κ2) is 10.4. The Balaban J connectivity index is 0.00000261. The average Bonchev–Trinajstić information content (AvgIpc) is 3.15. The van der Waals surface area contributed by atoms with Gasteiger partial charge in [0.2, 0.25) is 0 Å². The summed E-state index contributed by atoms with van der Waals surface area (Å²) in [5.41, 5.74) is 4.75. The summed E-state index contributed by atoms with van der Waals surface area (Å²) in [6.45, 7) is 2.57. The van der Waals surface area contributed by atoms with E-state index >= 15 is 0 Å². The third-order valence-corrected chi connectivity index (χ3v) is 4.01. The van der Waals surface area contributed by atoms with Crippen LogP contribution in [0.5, 0.6) is 0 Å². The predicted molar refractivity (Wildman–Crippen MR) is 111 cm³/mol. The second-order valence-electron chi connectivity index (χ2n) is 6.03. The molecule has 0 saturated heterocycles. The Morgan fingerprint density at radius 3 is 2.22 bits per heavy atom. The molecule has 1 N–H and O–H groups in total. The van der Waals surface area contributed by atoms with Crippen LogP contribution in [0.1, 0.15) is 32.6 Å². The maximum Gasteiger partial charge on any atom is 0.377 e. The standard InChI is InChI=1S/C20H24N4O2.ClH/c1-2-3-4-11-16-26-20(25)19-21-23(17-12-7-5-8-13-17)24(22-19)18-14-9-6-10-15-18;/h5-10,12-15H,2-4,11,16H2,1H3,(H,21,22);1H. The molecule has 0 spiro atoms. The SMILES string of the molecule is CCCCCCOC(=O)C1=NN(c2ccccc2)N(c2ccccc2)N1.Cl. The van der Waals surface area contributed by atoms with Gasteiger partial charge in [-0.3, -0.25) is 5.43 Å². The molecule has 2 aromatic rings. The molecule has 0 unspecified atom stereocenters. The first-order valence-electron chi connectivity index (χ1n) is 9.02. The lowest BCUT2D eigenvalue weighted by atomic mass is 10.2. The Bertz CT molecular complexity index is 740. The van der Waals surface area contributed by atoms with Crippen LogP contribution in [0, 0.1) is 0 Å². The maximum absolute atomic E-state index is 12.4. The summed E-state index contributed by atoms with van der Waals surface area (Å²) in [6.07, 6.45) is 4.24. The molecule has 0 amide bonds. The minimum Gasteiger partial charge on any atom is -0.460 e. The first kappa shape index (κ1) is 20.6. The highest BCUT2D eigenvalue weighted by atomic mass is 35.5. The Hall–Kier alpha value is -2.73. The van der Waals surface area contributed by atoms with Crippen LogP contribution in [-0.2, 0) is 9.53 Å². The van der Waals surface area contributed by atoms with Gasteiger partial charge in [0.05, 0.1) is 18.0 Å². The zero-order chi connectivity index (χ0) is 18.2. The fourth-order valence-electron chi connectivity index (χ4n) is 2.64. The highest BCUT2D eigenvalue weighted by molar-refractivity contribution is 6.36. The van der Waals surface area contributed by atoms with Crippen molar-refractivity contribution in [3.8, 4) is 0 Å². The summed E-state index contributed by atoms with van der Waals surface area (Å²) in [4.78, 5) is 12.4. The van der Waals surface area contributed by atoms with E-state index in [0.29, 0.717) is 6.61 Å². The molecule has 0 fully saturated rings. The van der Waals surface area contributed by atoms with Crippen molar-refractivity contribution in [2.75, 3.05) is 16.8 Å². The van der Waals surface area contributed by atoms with Gasteiger partial charge in [0.1, 0.15) is 0 Å². The fraction of sp³-hybridized carbons (Fsp3) is 0.300. The Morgan fingerprint density at radius 2 is 1.59 bits per heavy atom. The Labute approximate surface area is 166 Å². The number of benzene rings is 2. The number of unbranched alkanes of at least 4 members (excludes halogenated alkanes) is 3. The highest BCUT2D eigenvalue weighted by Gasteiger charge is 2.30. The van der Waals surface area contributed by atoms with Crippen LogP contribution in [0.3, 0.4) is 0 Å². The molecule has 1 aliphatic rings. The number of carbonyl (C=O) groups excluding carboxylic acids is 1. The molecule has 0 bridgehead atoms. The molecule has 0 radical (unpaired) electrons. The van der Waals surface area contributed by atoms with Gasteiger partial charge < -0.3 is 4.74 Å². The number of para-hydroxylation sites is 2. The lowest BCUT2D eigenvalue weighted by molar-refractivity contribution is -0.135. The van der Waals surface area contributed by atoms with Gasteiger partial charge in [0, 0.05) is 0 Å². The molecule has 6 nitrogen and oxygen atoms in total. The molecule has 0 atom stereocenters. The van der Waals surface area contributed by atoms with E-state index in [9.17, 15) is 4.79 Å². The first-order chi connectivity index (χ1) is 12.8. The molecule has 144 valence electrons. The molecule has 7 heteroatoms. The largest absolute Gasteiger partial charge is 0.460 e. The van der Waals surface area contributed by atoms with Gasteiger partial charge in [-0.05, 0) is 30.7 Å². The summed E-state index contributed by atoms with van der Waals surface area (Å²) in [6, 6.07) is 19.4. The maximum atomic E-state index is 12.4. The third-order valence-electron chi connectivity index (χ3n) is 4.01. The topological polar surface area (TPSA) is 57.2 Å². The summed E-state index contributed by atoms with van der Waals surface area (Å²) in [5.74, 6) is -0.269. The van der Waals surface area contributed by atoms with Crippen molar-refractivity contribution in [3.05, 3.63) is 60.7 Å². The van der Waals surface area contributed by atoms with Crippen molar-refractivity contribution >= 4 is 35.6 Å². The number of amidine groups is 1. The van der Waals surface area contributed by atoms with Crippen LogP contribution < -0.4 is 15.7 Å². The van der Waals surface area contributed by atoms with Crippen molar-refractivity contribution in [3.63, 3.8) is 0 Å². The van der Waals surface area contributed by atoms with Gasteiger partial charge in [-0.25, -0.2) is 4.79 Å². The normalized spacial score (nSPS) is 12.9. The summed E-state index contributed by atoms with van der Waals surface area (Å²) in [5, 5.41) is 7.80. The zero-order valence-electron chi connectivity index (χ0n) is 15.4. The number of rotatable bonds is 8. The smallest absolute Gasteiger partial charge is 0.377 e. The Morgan fingerprint density at radius 1 is 0.963 bits per heavy atom. The third kappa shape index (κ3) is 5.37. The van der Waals surface area contributed by atoms with Crippen LogP contribution in [0.15, 0.2) is 65.8 Å². The van der Waals surface area contributed by atoms with E-state index in [0.717, 1.165) is 37.1 Å². The molecule has 1 heterocycles. The van der Waals surface area contributed by atoms with E-state index in [1.165, 1.54) is 0 Å². The van der Waals surface area contributed by atoms with Crippen molar-refractivity contribution in [2.45, 2.75) is 32.6 Å². The summed E-state index contributed by atoms with van der Waals surface area (Å²) < 4.78 is 5.36. The van der Waals surface area contributed by atoms with Gasteiger partial charge in [-0.2, -0.15) is 10.2 Å². The second-order valence-corrected chi connectivity index (χ2v) is 6.03. The van der Waals surface area contributed by atoms with Crippen molar-refractivity contribution < 1.29 is 9.53 Å². The molecule has 1 aliphatic heterocycles. The minimum absolute atomic E-state index is 0. The lowest BCUT2D eigenvalue weighted by Crippen LogP contribution is -2.46. The summed E-state index contributed by atoms with van der Waals surface area (Å²) in [7, 11) is 0. The van der Waals surface area contributed by atoms with Gasteiger partial charge >= 0.3 is 5.97 Å². The van der Waals surface area contributed by atoms with Gasteiger partial charge in [0.15, 0.2) is 0 Å². The van der Waals surface area contributed by atoms with E-state index < -0.39 is 5.97 Å². The Kier molecular flexibility index (Phi) is 7.95. The van der Waals surface area contributed by atoms with E-state index in [-0.39, 0.29) is 18.2 Å². The van der Waals surface area contributed by atoms with Crippen LogP contribution in [0.4, 0.5) is 11.4 Å². The van der Waals surface area contributed by atoms with Gasteiger partial charge in [0.25, 0.3) is 5.84 Å². The number of nitrogens with one attached hydrogen (secondary N) is 1.